The van der Waals surface area contributed by atoms with Gasteiger partial charge in [-0.3, -0.25) is 0 Å². The Balaban J connectivity index is 1.79. The van der Waals surface area contributed by atoms with E-state index < -0.39 is 5.97 Å². The molecule has 0 radical (unpaired) electrons. The van der Waals surface area contributed by atoms with Crippen molar-refractivity contribution in [1.82, 2.24) is 4.90 Å². The minimum absolute atomic E-state index is 0.401. The van der Waals surface area contributed by atoms with E-state index >= 15 is 0 Å². The van der Waals surface area contributed by atoms with E-state index in [0.717, 1.165) is 29.2 Å². The Morgan fingerprint density at radius 3 is 2.33 bits per heavy atom. The lowest BCUT2D eigenvalue weighted by molar-refractivity contribution is 0.0728. The van der Waals surface area contributed by atoms with Gasteiger partial charge in [-0.05, 0) is 63.4 Å². The van der Waals surface area contributed by atoms with Crippen LogP contribution in [-0.2, 0) is 0 Å². The molecule has 1 fully saturated rings. The summed E-state index contributed by atoms with van der Waals surface area (Å²) in [6.45, 7) is 6.35. The van der Waals surface area contributed by atoms with E-state index in [9.17, 15) is 4.79 Å². The maximum atomic E-state index is 12.4. The second kappa shape index (κ2) is 9.00. The highest BCUT2D eigenvalue weighted by molar-refractivity contribution is 7.80. The van der Waals surface area contributed by atoms with Crippen LogP contribution in [-0.4, -0.2) is 35.6 Å². The Morgan fingerprint density at radius 1 is 1.00 bits per heavy atom. The highest BCUT2D eigenvalue weighted by Crippen LogP contribution is 2.30. The fourth-order valence-electron chi connectivity index (χ4n) is 3.12. The summed E-state index contributed by atoms with van der Waals surface area (Å²) >= 11 is 5.67. The van der Waals surface area contributed by atoms with Crippen LogP contribution in [0, 0.1) is 6.92 Å². The lowest BCUT2D eigenvalue weighted by Crippen LogP contribution is -2.34. The molecule has 0 aromatic heterocycles. The van der Waals surface area contributed by atoms with Gasteiger partial charge in [0.2, 0.25) is 0 Å². The van der Waals surface area contributed by atoms with Gasteiger partial charge < -0.3 is 14.4 Å². The number of esters is 1. The van der Waals surface area contributed by atoms with E-state index in [-0.39, 0.29) is 0 Å². The van der Waals surface area contributed by atoms with E-state index in [2.05, 4.69) is 4.90 Å². The van der Waals surface area contributed by atoms with Crippen LogP contribution in [0.1, 0.15) is 47.7 Å². The number of rotatable bonds is 5. The molecule has 1 aliphatic rings. The number of benzene rings is 2. The van der Waals surface area contributed by atoms with Crippen LogP contribution in [0.15, 0.2) is 42.5 Å². The summed E-state index contributed by atoms with van der Waals surface area (Å²) in [4.78, 5) is 15.5. The zero-order valence-corrected chi connectivity index (χ0v) is 16.7. The van der Waals surface area contributed by atoms with Gasteiger partial charge in [-0.15, -0.1) is 0 Å². The smallest absolute Gasteiger partial charge is 0.343 e. The number of hydrogen-bond acceptors (Lipinski definition) is 4. The highest BCUT2D eigenvalue weighted by atomic mass is 32.1. The van der Waals surface area contributed by atoms with E-state index in [1.54, 1.807) is 18.2 Å². The van der Waals surface area contributed by atoms with Gasteiger partial charge in [0.15, 0.2) is 11.5 Å². The highest BCUT2D eigenvalue weighted by Gasteiger charge is 2.18. The monoisotopic (exact) mass is 383 g/mol. The third-order valence-corrected chi connectivity index (χ3v) is 5.12. The third-order valence-electron chi connectivity index (χ3n) is 4.62. The summed E-state index contributed by atoms with van der Waals surface area (Å²) in [5.74, 6) is 0.546. The quantitative estimate of drug-likeness (QED) is 0.422. The third kappa shape index (κ3) is 4.86. The van der Waals surface area contributed by atoms with Crippen molar-refractivity contribution in [3.63, 3.8) is 0 Å². The molecule has 0 amide bonds. The molecular weight excluding hydrogens is 358 g/mol. The number of ether oxygens (including phenoxy) is 2. The van der Waals surface area contributed by atoms with Crippen molar-refractivity contribution in [2.24, 2.45) is 0 Å². The summed E-state index contributed by atoms with van der Waals surface area (Å²) in [5, 5.41) is 0. The fourth-order valence-corrected chi connectivity index (χ4v) is 3.43. The maximum Gasteiger partial charge on any atom is 0.343 e. The van der Waals surface area contributed by atoms with Gasteiger partial charge in [0.1, 0.15) is 4.99 Å². The first-order chi connectivity index (χ1) is 13.1. The largest absolute Gasteiger partial charge is 0.490 e. The first kappa shape index (κ1) is 19.4. The van der Waals surface area contributed by atoms with E-state index in [1.807, 2.05) is 38.1 Å². The van der Waals surface area contributed by atoms with Gasteiger partial charge in [0.05, 0.1) is 12.2 Å². The average molecular weight is 384 g/mol. The van der Waals surface area contributed by atoms with Crippen molar-refractivity contribution in [2.75, 3.05) is 19.7 Å². The molecule has 2 aromatic carbocycles. The zero-order valence-electron chi connectivity index (χ0n) is 15.9. The Labute approximate surface area is 166 Å². The van der Waals surface area contributed by atoms with Gasteiger partial charge >= 0.3 is 5.97 Å². The summed E-state index contributed by atoms with van der Waals surface area (Å²) < 4.78 is 11.3. The van der Waals surface area contributed by atoms with Gasteiger partial charge in [-0.2, -0.15) is 0 Å². The van der Waals surface area contributed by atoms with Gasteiger partial charge in [-0.25, -0.2) is 4.79 Å². The van der Waals surface area contributed by atoms with Crippen LogP contribution in [0.2, 0.25) is 0 Å². The lowest BCUT2D eigenvalue weighted by atomic mass is 10.1. The normalized spacial score (nSPS) is 13.9. The van der Waals surface area contributed by atoms with Gasteiger partial charge in [0, 0.05) is 18.7 Å². The Kier molecular flexibility index (Phi) is 6.45. The zero-order chi connectivity index (χ0) is 19.2. The predicted octanol–water partition coefficient (Wildman–Crippen LogP) is 4.77. The molecule has 1 aliphatic heterocycles. The molecule has 0 spiro atoms. The molecule has 2 aromatic rings. The maximum absolute atomic E-state index is 12.4. The SMILES string of the molecule is CCOc1cc(C(=S)N2CCCCC2)ccc1OC(=O)c1ccc(C)cc1. The van der Waals surface area contributed by atoms with E-state index in [0.29, 0.717) is 23.7 Å². The second-order valence-corrected chi connectivity index (χ2v) is 7.09. The predicted molar refractivity (Wildman–Crippen MR) is 111 cm³/mol. The number of likely N-dealkylation sites (tertiary alicyclic amines) is 1. The number of thiocarbonyl (C=S) groups is 1. The summed E-state index contributed by atoms with van der Waals surface area (Å²) in [7, 11) is 0. The topological polar surface area (TPSA) is 38.8 Å². The van der Waals surface area contributed by atoms with Crippen LogP contribution in [0.25, 0.3) is 0 Å². The molecule has 0 bridgehead atoms. The van der Waals surface area contributed by atoms with Gasteiger partial charge in [-0.1, -0.05) is 29.9 Å². The van der Waals surface area contributed by atoms with Crippen LogP contribution in [0.3, 0.4) is 0 Å². The van der Waals surface area contributed by atoms with Crippen LogP contribution < -0.4 is 9.47 Å². The average Bonchev–Trinajstić information content (AvgIpc) is 2.70. The Morgan fingerprint density at radius 2 is 1.67 bits per heavy atom. The van der Waals surface area contributed by atoms with Crippen molar-refractivity contribution in [3.05, 3.63) is 59.2 Å². The molecule has 0 saturated carbocycles. The molecule has 0 unspecified atom stereocenters. The molecule has 3 rings (SSSR count). The minimum atomic E-state index is -0.401. The fraction of sp³-hybridized carbons (Fsp3) is 0.364. The summed E-state index contributed by atoms with van der Waals surface area (Å²) in [5.41, 5.74) is 2.53. The molecule has 27 heavy (non-hydrogen) atoms. The standard InChI is InChI=1S/C22H25NO3S/c1-3-25-20-15-18(21(27)23-13-5-4-6-14-23)11-12-19(20)26-22(24)17-9-7-16(2)8-10-17/h7-12,15H,3-6,13-14H2,1-2H3. The molecule has 1 heterocycles. The van der Waals surface area contributed by atoms with Crippen LogP contribution in [0.4, 0.5) is 0 Å². The number of carbonyl (C=O) groups is 1. The number of hydrogen-bond donors (Lipinski definition) is 0. The van der Waals surface area contributed by atoms with E-state index in [1.165, 1.54) is 19.3 Å². The number of carbonyl (C=O) groups excluding carboxylic acids is 1. The van der Waals surface area contributed by atoms with Crippen molar-refractivity contribution in [2.45, 2.75) is 33.1 Å². The Bertz CT molecular complexity index is 811. The molecule has 5 heteroatoms. The molecule has 1 saturated heterocycles. The second-order valence-electron chi connectivity index (χ2n) is 6.70. The van der Waals surface area contributed by atoms with Gasteiger partial charge in [0.25, 0.3) is 0 Å². The summed E-state index contributed by atoms with van der Waals surface area (Å²) in [6, 6.07) is 12.8. The van der Waals surface area contributed by atoms with Crippen molar-refractivity contribution >= 4 is 23.2 Å². The minimum Gasteiger partial charge on any atom is -0.490 e. The number of piperidine rings is 1. The molecule has 4 nitrogen and oxygen atoms in total. The first-order valence-electron chi connectivity index (χ1n) is 9.43. The number of nitrogens with zero attached hydrogens (tertiary/aromatic N) is 1. The van der Waals surface area contributed by atoms with Crippen molar-refractivity contribution in [3.8, 4) is 11.5 Å². The molecule has 0 aliphatic carbocycles. The van der Waals surface area contributed by atoms with Crippen molar-refractivity contribution in [1.29, 1.82) is 0 Å². The molecule has 0 N–H and O–H groups in total. The van der Waals surface area contributed by atoms with Crippen LogP contribution in [0.5, 0.6) is 11.5 Å². The molecular formula is C22H25NO3S. The summed E-state index contributed by atoms with van der Waals surface area (Å²) in [6.07, 6.45) is 3.60. The first-order valence-corrected chi connectivity index (χ1v) is 9.84. The number of aryl methyl sites for hydroxylation is 1. The lowest BCUT2D eigenvalue weighted by Gasteiger charge is -2.29. The molecule has 0 atom stereocenters. The van der Waals surface area contributed by atoms with Crippen molar-refractivity contribution < 1.29 is 14.3 Å². The van der Waals surface area contributed by atoms with Crippen LogP contribution >= 0.6 is 12.2 Å². The van der Waals surface area contributed by atoms with E-state index in [4.69, 9.17) is 21.7 Å². The Hall–Kier alpha value is -2.40. The molecule has 142 valence electrons.